The van der Waals surface area contributed by atoms with Crippen LogP contribution in [-0.4, -0.2) is 35.4 Å². The number of rotatable bonds is 3. The first-order valence-corrected chi connectivity index (χ1v) is 7.51. The second kappa shape index (κ2) is 5.72. The molecule has 1 aliphatic rings. The van der Waals surface area contributed by atoms with Gasteiger partial charge < -0.3 is 14.6 Å². The highest BCUT2D eigenvalue weighted by molar-refractivity contribution is 6.31. The summed E-state index contributed by atoms with van der Waals surface area (Å²) in [5.41, 5.74) is 2.10. The first-order valence-electron chi connectivity index (χ1n) is 7.14. The third kappa shape index (κ3) is 2.68. The molecule has 0 aliphatic carbocycles. The lowest BCUT2D eigenvalue weighted by atomic mass is 10.2. The van der Waals surface area contributed by atoms with Crippen LogP contribution in [0.15, 0.2) is 18.2 Å². The number of ether oxygens (including phenoxy) is 1. The van der Waals surface area contributed by atoms with Gasteiger partial charge in [0.1, 0.15) is 5.82 Å². The number of nitrogens with one attached hydrogen (secondary N) is 1. The number of hydrogen-bond donors (Lipinski definition) is 1. The highest BCUT2D eigenvalue weighted by Gasteiger charge is 2.20. The molecule has 3 rings (SSSR count). The van der Waals surface area contributed by atoms with Gasteiger partial charge in [0.2, 0.25) is 0 Å². The molecule has 4 nitrogen and oxygen atoms in total. The van der Waals surface area contributed by atoms with E-state index in [2.05, 4.69) is 23.7 Å². The van der Waals surface area contributed by atoms with Gasteiger partial charge in [-0.1, -0.05) is 11.6 Å². The quantitative estimate of drug-likeness (QED) is 0.946. The van der Waals surface area contributed by atoms with Gasteiger partial charge in [0.05, 0.1) is 23.7 Å². The fourth-order valence-electron chi connectivity index (χ4n) is 2.80. The Bertz CT molecular complexity index is 602. The van der Waals surface area contributed by atoms with Gasteiger partial charge in [0, 0.05) is 30.6 Å². The summed E-state index contributed by atoms with van der Waals surface area (Å²) in [6.45, 7) is 6.96. The number of nitrogens with zero attached hydrogens (tertiary/aromatic N) is 2. The summed E-state index contributed by atoms with van der Waals surface area (Å²) in [4.78, 5) is 4.76. The Balaban J connectivity index is 1.97. The number of benzene rings is 1. The Kier molecular flexibility index (Phi) is 3.96. The minimum Gasteiger partial charge on any atom is -0.375 e. The normalized spacial score (nSPS) is 19.9. The van der Waals surface area contributed by atoms with Crippen LogP contribution in [0.4, 0.5) is 0 Å². The topological polar surface area (TPSA) is 39.1 Å². The maximum atomic E-state index is 6.07. The van der Waals surface area contributed by atoms with Crippen LogP contribution in [0.25, 0.3) is 11.0 Å². The zero-order chi connectivity index (χ0) is 14.1. The minimum absolute atomic E-state index is 0.202. The molecule has 1 aliphatic heterocycles. The van der Waals surface area contributed by atoms with E-state index in [1.165, 1.54) is 0 Å². The Morgan fingerprint density at radius 1 is 1.50 bits per heavy atom. The molecule has 1 aromatic carbocycles. The van der Waals surface area contributed by atoms with Crippen LogP contribution in [0.5, 0.6) is 0 Å². The van der Waals surface area contributed by atoms with Crippen molar-refractivity contribution in [3.8, 4) is 0 Å². The van der Waals surface area contributed by atoms with Crippen molar-refractivity contribution in [2.45, 2.75) is 32.4 Å². The summed E-state index contributed by atoms with van der Waals surface area (Å²) in [7, 11) is 0. The molecule has 1 N–H and O–H groups in total. The lowest BCUT2D eigenvalue weighted by molar-refractivity contribution is 0.0275. The molecule has 0 amide bonds. The van der Waals surface area contributed by atoms with Crippen LogP contribution in [0.2, 0.25) is 5.02 Å². The average Bonchev–Trinajstić information content (AvgIpc) is 2.76. The van der Waals surface area contributed by atoms with Crippen LogP contribution in [0, 0.1) is 0 Å². The number of morpholine rings is 1. The van der Waals surface area contributed by atoms with Crippen molar-refractivity contribution < 1.29 is 4.74 Å². The summed E-state index contributed by atoms with van der Waals surface area (Å²) >= 11 is 6.07. The van der Waals surface area contributed by atoms with E-state index in [4.69, 9.17) is 21.3 Å². The van der Waals surface area contributed by atoms with Crippen molar-refractivity contribution in [1.29, 1.82) is 0 Å². The van der Waals surface area contributed by atoms with Gasteiger partial charge in [-0.2, -0.15) is 0 Å². The Hall–Kier alpha value is -1.10. The van der Waals surface area contributed by atoms with Gasteiger partial charge in [0.15, 0.2) is 0 Å². The summed E-state index contributed by atoms with van der Waals surface area (Å²) in [5, 5.41) is 4.09. The SMILES string of the molecule is CC(C)n1c(CC2CNCCO2)nc2cc(Cl)ccc21. The molecule has 2 aromatic rings. The van der Waals surface area contributed by atoms with Gasteiger partial charge in [-0.25, -0.2) is 4.98 Å². The zero-order valence-corrected chi connectivity index (χ0v) is 12.7. The monoisotopic (exact) mass is 293 g/mol. The smallest absolute Gasteiger partial charge is 0.112 e. The van der Waals surface area contributed by atoms with Gasteiger partial charge in [-0.3, -0.25) is 0 Å². The van der Waals surface area contributed by atoms with Gasteiger partial charge in [-0.15, -0.1) is 0 Å². The maximum Gasteiger partial charge on any atom is 0.112 e. The second-order valence-electron chi connectivity index (χ2n) is 5.53. The van der Waals surface area contributed by atoms with E-state index in [0.29, 0.717) is 6.04 Å². The van der Waals surface area contributed by atoms with E-state index in [0.717, 1.165) is 48.0 Å². The van der Waals surface area contributed by atoms with Crippen LogP contribution >= 0.6 is 11.6 Å². The van der Waals surface area contributed by atoms with Crippen LogP contribution in [-0.2, 0) is 11.2 Å². The Morgan fingerprint density at radius 3 is 3.05 bits per heavy atom. The van der Waals surface area contributed by atoms with Gasteiger partial charge in [-0.05, 0) is 32.0 Å². The molecule has 5 heteroatoms. The lowest BCUT2D eigenvalue weighted by Crippen LogP contribution is -2.40. The van der Waals surface area contributed by atoms with E-state index < -0.39 is 0 Å². The van der Waals surface area contributed by atoms with E-state index in [9.17, 15) is 0 Å². The third-order valence-corrected chi connectivity index (χ3v) is 3.89. The molecule has 0 spiro atoms. The molecule has 0 bridgehead atoms. The first-order chi connectivity index (χ1) is 9.65. The number of fused-ring (bicyclic) bond motifs is 1. The van der Waals surface area contributed by atoms with Crippen molar-refractivity contribution in [1.82, 2.24) is 14.9 Å². The molecular formula is C15H20ClN3O. The first kappa shape index (κ1) is 13.9. The number of hydrogen-bond acceptors (Lipinski definition) is 3. The fourth-order valence-corrected chi connectivity index (χ4v) is 2.96. The van der Waals surface area contributed by atoms with Gasteiger partial charge in [0.25, 0.3) is 0 Å². The molecule has 108 valence electrons. The van der Waals surface area contributed by atoms with E-state index >= 15 is 0 Å². The van der Waals surface area contributed by atoms with Crippen molar-refractivity contribution in [3.63, 3.8) is 0 Å². The van der Waals surface area contributed by atoms with Crippen molar-refractivity contribution in [2.24, 2.45) is 0 Å². The molecule has 0 radical (unpaired) electrons. The third-order valence-electron chi connectivity index (χ3n) is 3.66. The van der Waals surface area contributed by atoms with E-state index in [-0.39, 0.29) is 6.10 Å². The molecule has 1 atom stereocenters. The highest BCUT2D eigenvalue weighted by Crippen LogP contribution is 2.25. The van der Waals surface area contributed by atoms with Gasteiger partial charge >= 0.3 is 0 Å². The van der Waals surface area contributed by atoms with E-state index in [1.807, 2.05) is 18.2 Å². The molecule has 1 aromatic heterocycles. The second-order valence-corrected chi connectivity index (χ2v) is 5.96. The average molecular weight is 294 g/mol. The maximum absolute atomic E-state index is 6.07. The molecule has 2 heterocycles. The van der Waals surface area contributed by atoms with Crippen LogP contribution < -0.4 is 5.32 Å². The fraction of sp³-hybridized carbons (Fsp3) is 0.533. The predicted octanol–water partition coefficient (Wildman–Crippen LogP) is 2.80. The molecule has 1 unspecified atom stereocenters. The zero-order valence-electron chi connectivity index (χ0n) is 11.9. The largest absolute Gasteiger partial charge is 0.375 e. The minimum atomic E-state index is 0.202. The highest BCUT2D eigenvalue weighted by atomic mass is 35.5. The summed E-state index contributed by atoms with van der Waals surface area (Å²) in [5.74, 6) is 1.07. The molecular weight excluding hydrogens is 274 g/mol. The lowest BCUT2D eigenvalue weighted by Gasteiger charge is -2.24. The van der Waals surface area contributed by atoms with E-state index in [1.54, 1.807) is 0 Å². The molecule has 1 saturated heterocycles. The number of aromatic nitrogens is 2. The predicted molar refractivity (Wildman–Crippen MR) is 81.4 cm³/mol. The molecule has 1 fully saturated rings. The van der Waals surface area contributed by atoms with Crippen LogP contribution in [0.3, 0.4) is 0 Å². The van der Waals surface area contributed by atoms with Crippen molar-refractivity contribution in [2.75, 3.05) is 19.7 Å². The Morgan fingerprint density at radius 2 is 2.35 bits per heavy atom. The van der Waals surface area contributed by atoms with Crippen molar-refractivity contribution >= 4 is 22.6 Å². The van der Waals surface area contributed by atoms with Crippen molar-refractivity contribution in [3.05, 3.63) is 29.0 Å². The standard InChI is InChI=1S/C15H20ClN3O/c1-10(2)19-14-4-3-11(16)7-13(14)18-15(19)8-12-9-17-5-6-20-12/h3-4,7,10,12,17H,5-6,8-9H2,1-2H3. The Labute approximate surface area is 124 Å². The molecule has 20 heavy (non-hydrogen) atoms. The van der Waals surface area contributed by atoms with Crippen LogP contribution in [0.1, 0.15) is 25.7 Å². The number of halogens is 1. The number of imidazole rings is 1. The summed E-state index contributed by atoms with van der Waals surface area (Å²) in [6, 6.07) is 6.27. The molecule has 0 saturated carbocycles. The summed E-state index contributed by atoms with van der Waals surface area (Å²) in [6.07, 6.45) is 1.03. The summed E-state index contributed by atoms with van der Waals surface area (Å²) < 4.78 is 8.08.